The number of Topliss-reactive ketones (excluding diaryl/α,β-unsaturated/α-hetero) is 1. The van der Waals surface area contributed by atoms with Crippen LogP contribution in [0.5, 0.6) is 0 Å². The number of halogens is 1. The lowest BCUT2D eigenvalue weighted by Gasteiger charge is -2.19. The number of rotatable bonds is 3. The fourth-order valence-electron chi connectivity index (χ4n) is 2.61. The number of hydrogen-bond donors (Lipinski definition) is 1. The summed E-state index contributed by atoms with van der Waals surface area (Å²) in [6, 6.07) is 7.75. The summed E-state index contributed by atoms with van der Waals surface area (Å²) in [7, 11) is 0. The number of carbonyl (C=O) groups is 1. The van der Waals surface area contributed by atoms with Crippen LogP contribution in [0.15, 0.2) is 36.7 Å². The first-order chi connectivity index (χ1) is 9.75. The van der Waals surface area contributed by atoms with Crippen molar-refractivity contribution >= 4 is 17.4 Å². The van der Waals surface area contributed by atoms with E-state index in [9.17, 15) is 4.79 Å². The van der Waals surface area contributed by atoms with E-state index in [4.69, 9.17) is 11.6 Å². The van der Waals surface area contributed by atoms with E-state index in [0.29, 0.717) is 11.4 Å². The molecular weight excluding hydrogens is 272 g/mol. The molecule has 1 aromatic carbocycles. The van der Waals surface area contributed by atoms with Crippen LogP contribution in [-0.4, -0.2) is 17.3 Å². The molecule has 2 heterocycles. The van der Waals surface area contributed by atoms with Crippen LogP contribution in [0.4, 0.5) is 0 Å². The highest BCUT2D eigenvalue weighted by Crippen LogP contribution is 2.22. The third kappa shape index (κ3) is 2.60. The molecule has 3 nitrogen and oxygen atoms in total. The molecule has 1 aromatic heterocycles. The van der Waals surface area contributed by atoms with Crippen molar-refractivity contribution in [1.82, 2.24) is 10.3 Å². The van der Waals surface area contributed by atoms with Crippen molar-refractivity contribution < 1.29 is 4.79 Å². The topological polar surface area (TPSA) is 42.0 Å². The summed E-state index contributed by atoms with van der Waals surface area (Å²) in [5, 5.41) is 3.87. The summed E-state index contributed by atoms with van der Waals surface area (Å²) in [6.07, 6.45) is 4.47. The highest BCUT2D eigenvalue weighted by Gasteiger charge is 2.18. The molecule has 4 heteroatoms. The number of ketones is 1. The normalized spacial score (nSPS) is 13.8. The highest BCUT2D eigenvalue weighted by molar-refractivity contribution is 6.31. The average molecular weight is 287 g/mol. The van der Waals surface area contributed by atoms with Gasteiger partial charge >= 0.3 is 0 Å². The zero-order valence-electron chi connectivity index (χ0n) is 11.0. The molecule has 0 atom stereocenters. The summed E-state index contributed by atoms with van der Waals surface area (Å²) in [5.74, 6) is 0.122. The first-order valence-electron chi connectivity index (χ1n) is 6.69. The summed E-state index contributed by atoms with van der Waals surface area (Å²) >= 11 is 6.07. The predicted molar refractivity (Wildman–Crippen MR) is 79.1 cm³/mol. The third-order valence-corrected chi connectivity index (χ3v) is 3.99. The van der Waals surface area contributed by atoms with Crippen LogP contribution in [0.3, 0.4) is 0 Å². The van der Waals surface area contributed by atoms with Crippen molar-refractivity contribution in [2.24, 2.45) is 0 Å². The van der Waals surface area contributed by atoms with Crippen molar-refractivity contribution in [3.8, 4) is 0 Å². The van der Waals surface area contributed by atoms with Crippen LogP contribution in [0, 0.1) is 0 Å². The Kier molecular flexibility index (Phi) is 3.81. The lowest BCUT2D eigenvalue weighted by Crippen LogP contribution is -2.25. The van der Waals surface area contributed by atoms with E-state index in [1.807, 2.05) is 12.1 Å². The first kappa shape index (κ1) is 13.3. The van der Waals surface area contributed by atoms with Crippen LogP contribution in [0.25, 0.3) is 0 Å². The molecule has 0 aliphatic carbocycles. The van der Waals surface area contributed by atoms with Crippen molar-refractivity contribution in [2.45, 2.75) is 19.4 Å². The van der Waals surface area contributed by atoms with E-state index in [2.05, 4.69) is 16.4 Å². The predicted octanol–water partition coefficient (Wildman–Crippen LogP) is 2.81. The van der Waals surface area contributed by atoms with Gasteiger partial charge in [-0.2, -0.15) is 0 Å². The van der Waals surface area contributed by atoms with E-state index in [0.717, 1.165) is 30.6 Å². The molecule has 0 saturated heterocycles. The van der Waals surface area contributed by atoms with Gasteiger partial charge in [0.1, 0.15) is 0 Å². The van der Waals surface area contributed by atoms with E-state index < -0.39 is 0 Å². The fraction of sp³-hybridized carbons (Fsp3) is 0.250. The Hall–Kier alpha value is -1.71. The molecule has 0 bridgehead atoms. The summed E-state index contributed by atoms with van der Waals surface area (Å²) in [4.78, 5) is 16.5. The van der Waals surface area contributed by atoms with E-state index in [1.165, 1.54) is 11.1 Å². The number of nitrogens with zero attached hydrogens (tertiary/aromatic N) is 1. The second kappa shape index (κ2) is 5.73. The van der Waals surface area contributed by atoms with Gasteiger partial charge in [0, 0.05) is 30.9 Å². The average Bonchev–Trinajstić information content (AvgIpc) is 2.49. The molecule has 0 amide bonds. The van der Waals surface area contributed by atoms with Crippen molar-refractivity contribution in [3.05, 3.63) is 63.9 Å². The molecule has 0 fully saturated rings. The zero-order valence-corrected chi connectivity index (χ0v) is 11.8. The summed E-state index contributed by atoms with van der Waals surface area (Å²) in [6.45, 7) is 1.76. The number of aromatic nitrogens is 1. The maximum atomic E-state index is 12.5. The van der Waals surface area contributed by atoms with Gasteiger partial charge in [0.05, 0.1) is 5.02 Å². The van der Waals surface area contributed by atoms with Gasteiger partial charge in [0.25, 0.3) is 0 Å². The maximum absolute atomic E-state index is 12.5. The minimum atomic E-state index is 0.122. The van der Waals surface area contributed by atoms with Crippen LogP contribution in [0.1, 0.15) is 27.0 Å². The Bertz CT molecular complexity index is 655. The summed E-state index contributed by atoms with van der Waals surface area (Å²) < 4.78 is 0. The molecule has 1 N–H and O–H groups in total. The van der Waals surface area contributed by atoms with Gasteiger partial charge in [0.2, 0.25) is 0 Å². The minimum absolute atomic E-state index is 0.122. The van der Waals surface area contributed by atoms with Gasteiger partial charge in [-0.1, -0.05) is 29.8 Å². The van der Waals surface area contributed by atoms with Gasteiger partial charge < -0.3 is 5.32 Å². The number of pyridine rings is 1. The zero-order chi connectivity index (χ0) is 13.9. The number of hydrogen-bond acceptors (Lipinski definition) is 3. The lowest BCUT2D eigenvalue weighted by atomic mass is 9.91. The number of benzene rings is 1. The molecule has 0 spiro atoms. The molecule has 2 aromatic rings. The molecule has 20 heavy (non-hydrogen) atoms. The first-order valence-corrected chi connectivity index (χ1v) is 7.06. The van der Waals surface area contributed by atoms with Gasteiger partial charge in [0.15, 0.2) is 5.78 Å². The number of carbonyl (C=O) groups excluding carboxylic acids is 1. The SMILES string of the molecule is O=C(Cc1ccncc1Cl)c1cccc2c1CCNC2. The minimum Gasteiger partial charge on any atom is -0.312 e. The molecule has 102 valence electrons. The lowest BCUT2D eigenvalue weighted by molar-refractivity contribution is 0.0992. The van der Waals surface area contributed by atoms with Gasteiger partial charge in [-0.05, 0) is 35.7 Å². The van der Waals surface area contributed by atoms with Crippen LogP contribution in [0.2, 0.25) is 5.02 Å². The standard InChI is InChI=1S/C16H15ClN2O/c17-15-10-19-6-4-11(15)8-16(20)14-3-1-2-12-9-18-7-5-13(12)14/h1-4,6,10,18H,5,7-9H2. The third-order valence-electron chi connectivity index (χ3n) is 3.65. The number of nitrogens with one attached hydrogen (secondary N) is 1. The maximum Gasteiger partial charge on any atom is 0.167 e. The Morgan fingerprint density at radius 2 is 2.25 bits per heavy atom. The molecule has 1 aliphatic heterocycles. The fourth-order valence-corrected chi connectivity index (χ4v) is 2.79. The highest BCUT2D eigenvalue weighted by atomic mass is 35.5. The summed E-state index contributed by atoms with van der Waals surface area (Å²) in [5.41, 5.74) is 4.07. The molecule has 0 unspecified atom stereocenters. The van der Waals surface area contributed by atoms with Crippen molar-refractivity contribution in [3.63, 3.8) is 0 Å². The van der Waals surface area contributed by atoms with E-state index in [1.54, 1.807) is 18.5 Å². The second-order valence-corrected chi connectivity index (χ2v) is 5.34. The van der Waals surface area contributed by atoms with Gasteiger partial charge in [-0.25, -0.2) is 0 Å². The molecular formula is C16H15ClN2O. The van der Waals surface area contributed by atoms with Crippen LogP contribution >= 0.6 is 11.6 Å². The second-order valence-electron chi connectivity index (χ2n) is 4.94. The molecule has 0 saturated carbocycles. The Labute approximate surface area is 123 Å². The van der Waals surface area contributed by atoms with Gasteiger partial charge in [-0.3, -0.25) is 9.78 Å². The number of fused-ring (bicyclic) bond motifs is 1. The molecule has 1 aliphatic rings. The smallest absolute Gasteiger partial charge is 0.167 e. The van der Waals surface area contributed by atoms with E-state index in [-0.39, 0.29) is 5.78 Å². The molecule has 3 rings (SSSR count). The Morgan fingerprint density at radius 3 is 3.10 bits per heavy atom. The Balaban J connectivity index is 1.90. The molecule has 0 radical (unpaired) electrons. The largest absolute Gasteiger partial charge is 0.312 e. The van der Waals surface area contributed by atoms with Gasteiger partial charge in [-0.15, -0.1) is 0 Å². The Morgan fingerprint density at radius 1 is 1.35 bits per heavy atom. The quantitative estimate of drug-likeness (QED) is 0.882. The van der Waals surface area contributed by atoms with Crippen molar-refractivity contribution in [1.29, 1.82) is 0 Å². The van der Waals surface area contributed by atoms with Crippen LogP contribution in [-0.2, 0) is 19.4 Å². The van der Waals surface area contributed by atoms with E-state index >= 15 is 0 Å². The van der Waals surface area contributed by atoms with Crippen LogP contribution < -0.4 is 5.32 Å². The monoisotopic (exact) mass is 286 g/mol. The van der Waals surface area contributed by atoms with Crippen molar-refractivity contribution in [2.75, 3.05) is 6.54 Å².